The molecule has 0 radical (unpaired) electrons. The summed E-state index contributed by atoms with van der Waals surface area (Å²) in [4.78, 5) is 20.4. The number of halogens is 5. The van der Waals surface area contributed by atoms with Gasteiger partial charge < -0.3 is 15.2 Å². The van der Waals surface area contributed by atoms with Crippen LogP contribution in [0.2, 0.25) is 5.02 Å². The molecule has 3 heterocycles. The summed E-state index contributed by atoms with van der Waals surface area (Å²) in [5.41, 5.74) is 0.652. The molecule has 1 aromatic carbocycles. The predicted octanol–water partition coefficient (Wildman–Crippen LogP) is 4.20. The third-order valence-corrected chi connectivity index (χ3v) is 4.48. The molecule has 1 aliphatic rings. The van der Waals surface area contributed by atoms with Gasteiger partial charge in [0.15, 0.2) is 11.6 Å². The van der Waals surface area contributed by atoms with Gasteiger partial charge in [0.05, 0.1) is 34.9 Å². The summed E-state index contributed by atoms with van der Waals surface area (Å²) in [7, 11) is 0. The number of H-pyrrole nitrogens is 1. The largest absolute Gasteiger partial charge is 0.359 e. The van der Waals surface area contributed by atoms with E-state index in [0.29, 0.717) is 10.9 Å². The first kappa shape index (κ1) is 17.6. The number of nitrogens with zero attached hydrogens (tertiary/aromatic N) is 2. The third-order valence-electron chi connectivity index (χ3n) is 4.20. The number of carbonyl (C=O) groups is 1. The third kappa shape index (κ3) is 3.18. The second-order valence-corrected chi connectivity index (χ2v) is 6.62. The number of pyridine rings is 1. The minimum atomic E-state index is -2.77. The van der Waals surface area contributed by atoms with Crippen molar-refractivity contribution in [2.24, 2.45) is 0 Å². The molecular formula is C17H11ClF4N4O. The number of aromatic amines is 1. The number of hydrogen-bond donors (Lipinski definition) is 2. The summed E-state index contributed by atoms with van der Waals surface area (Å²) in [5.74, 6) is -5.24. The maximum atomic E-state index is 13.4. The molecule has 5 nitrogen and oxygen atoms in total. The smallest absolute Gasteiger partial charge is 0.282 e. The topological polar surface area (TPSA) is 61.0 Å². The number of hydrogen-bond acceptors (Lipinski definition) is 3. The molecule has 10 heteroatoms. The molecule has 0 saturated carbocycles. The van der Waals surface area contributed by atoms with Crippen LogP contribution in [0.1, 0.15) is 10.4 Å². The van der Waals surface area contributed by atoms with Crippen molar-refractivity contribution in [3.8, 4) is 0 Å². The van der Waals surface area contributed by atoms with E-state index in [2.05, 4.69) is 15.3 Å². The van der Waals surface area contributed by atoms with Crippen molar-refractivity contribution in [2.45, 2.75) is 5.92 Å². The van der Waals surface area contributed by atoms with E-state index in [1.54, 1.807) is 0 Å². The number of benzene rings is 1. The van der Waals surface area contributed by atoms with E-state index in [-0.39, 0.29) is 22.1 Å². The summed E-state index contributed by atoms with van der Waals surface area (Å²) < 4.78 is 52.7. The monoisotopic (exact) mass is 398 g/mol. The van der Waals surface area contributed by atoms with Crippen molar-refractivity contribution in [2.75, 3.05) is 23.3 Å². The molecule has 1 saturated heterocycles. The Hall–Kier alpha value is -2.81. The second kappa shape index (κ2) is 6.12. The van der Waals surface area contributed by atoms with Crippen LogP contribution in [0.5, 0.6) is 0 Å². The van der Waals surface area contributed by atoms with Crippen LogP contribution in [-0.4, -0.2) is 34.9 Å². The van der Waals surface area contributed by atoms with Crippen molar-refractivity contribution in [3.63, 3.8) is 0 Å². The van der Waals surface area contributed by atoms with Gasteiger partial charge in [0.25, 0.3) is 11.8 Å². The van der Waals surface area contributed by atoms with E-state index in [1.807, 2.05) is 0 Å². The molecule has 3 aromatic rings. The molecule has 140 valence electrons. The van der Waals surface area contributed by atoms with Gasteiger partial charge in [-0.1, -0.05) is 11.6 Å². The number of rotatable bonds is 3. The molecule has 1 amide bonds. The summed E-state index contributed by atoms with van der Waals surface area (Å²) >= 11 is 6.06. The highest BCUT2D eigenvalue weighted by molar-refractivity contribution is 6.33. The number of carbonyl (C=O) groups excluding carboxylic acids is 1. The van der Waals surface area contributed by atoms with Gasteiger partial charge in [-0.15, -0.1) is 0 Å². The summed E-state index contributed by atoms with van der Waals surface area (Å²) in [6.07, 6.45) is 2.61. The average Bonchev–Trinajstić information content (AvgIpc) is 2.95. The number of nitrogens with one attached hydrogen (secondary N) is 2. The van der Waals surface area contributed by atoms with Gasteiger partial charge in [-0.3, -0.25) is 4.79 Å². The number of amides is 1. The molecule has 27 heavy (non-hydrogen) atoms. The molecule has 2 aromatic heterocycles. The van der Waals surface area contributed by atoms with Crippen molar-refractivity contribution >= 4 is 39.9 Å². The van der Waals surface area contributed by atoms with E-state index >= 15 is 0 Å². The Balaban J connectivity index is 1.55. The molecule has 4 rings (SSSR count). The van der Waals surface area contributed by atoms with Crippen LogP contribution in [0.25, 0.3) is 10.9 Å². The zero-order chi connectivity index (χ0) is 19.3. The van der Waals surface area contributed by atoms with Crippen molar-refractivity contribution in [1.82, 2.24) is 9.97 Å². The Morgan fingerprint density at radius 3 is 2.59 bits per heavy atom. The molecular weight excluding hydrogens is 388 g/mol. The molecule has 0 unspecified atom stereocenters. The van der Waals surface area contributed by atoms with Crippen LogP contribution >= 0.6 is 11.6 Å². The predicted molar refractivity (Wildman–Crippen MR) is 92.6 cm³/mol. The van der Waals surface area contributed by atoms with Gasteiger partial charge in [0.2, 0.25) is 0 Å². The Kier molecular flexibility index (Phi) is 3.99. The van der Waals surface area contributed by atoms with Gasteiger partial charge in [0.1, 0.15) is 5.82 Å². The maximum absolute atomic E-state index is 13.4. The highest BCUT2D eigenvalue weighted by Gasteiger charge is 2.45. The van der Waals surface area contributed by atoms with Crippen LogP contribution in [0.3, 0.4) is 0 Å². The fourth-order valence-corrected chi connectivity index (χ4v) is 3.15. The molecule has 0 spiro atoms. The minimum absolute atomic E-state index is 0.0604. The SMILES string of the molecule is O=C(Nc1c[nH]c2cc(F)c(F)cc12)c1cnc(N2CC(F)(F)C2)c(Cl)c1. The molecule has 0 bridgehead atoms. The molecule has 1 aliphatic heterocycles. The summed E-state index contributed by atoms with van der Waals surface area (Å²) in [6.45, 7) is -0.967. The highest BCUT2D eigenvalue weighted by Crippen LogP contribution is 2.35. The Morgan fingerprint density at radius 1 is 1.22 bits per heavy atom. The van der Waals surface area contributed by atoms with E-state index in [9.17, 15) is 22.4 Å². The highest BCUT2D eigenvalue weighted by atomic mass is 35.5. The van der Waals surface area contributed by atoms with Gasteiger partial charge >= 0.3 is 0 Å². The molecule has 0 atom stereocenters. The standard InChI is InChI=1S/C17H11ClF4N4O/c18-10-1-8(4-24-15(10)26-6-17(21,22)7-26)16(27)25-14-5-23-13-3-12(20)11(19)2-9(13)14/h1-5,23H,6-7H2,(H,25,27). The van der Waals surface area contributed by atoms with Crippen molar-refractivity contribution in [3.05, 3.63) is 52.8 Å². The fraction of sp³-hybridized carbons (Fsp3) is 0.176. The first-order valence-electron chi connectivity index (χ1n) is 7.79. The lowest BCUT2D eigenvalue weighted by Crippen LogP contribution is -2.56. The molecule has 2 N–H and O–H groups in total. The van der Waals surface area contributed by atoms with Crippen molar-refractivity contribution in [1.29, 1.82) is 0 Å². The lowest BCUT2D eigenvalue weighted by molar-refractivity contribution is -0.0266. The number of alkyl halides is 2. The van der Waals surface area contributed by atoms with E-state index < -0.39 is 36.6 Å². The first-order chi connectivity index (χ1) is 12.7. The summed E-state index contributed by atoms with van der Waals surface area (Å²) in [5, 5.41) is 2.91. The van der Waals surface area contributed by atoms with Gasteiger partial charge in [-0.2, -0.15) is 0 Å². The molecule has 0 aliphatic carbocycles. The van der Waals surface area contributed by atoms with Gasteiger partial charge in [0, 0.05) is 23.8 Å². The lowest BCUT2D eigenvalue weighted by Gasteiger charge is -2.39. The Morgan fingerprint density at radius 2 is 1.93 bits per heavy atom. The molecule has 1 fully saturated rings. The van der Waals surface area contributed by atoms with Gasteiger partial charge in [-0.25, -0.2) is 22.5 Å². The van der Waals surface area contributed by atoms with E-state index in [1.165, 1.54) is 23.4 Å². The van der Waals surface area contributed by atoms with Crippen LogP contribution in [0.4, 0.5) is 29.1 Å². The first-order valence-corrected chi connectivity index (χ1v) is 8.17. The average molecular weight is 399 g/mol. The van der Waals surface area contributed by atoms with E-state index in [4.69, 9.17) is 11.6 Å². The van der Waals surface area contributed by atoms with Gasteiger partial charge in [-0.05, 0) is 12.1 Å². The zero-order valence-corrected chi connectivity index (χ0v) is 14.2. The maximum Gasteiger partial charge on any atom is 0.282 e. The Bertz CT molecular complexity index is 1060. The quantitative estimate of drug-likeness (QED) is 0.650. The normalized spacial score (nSPS) is 15.7. The zero-order valence-electron chi connectivity index (χ0n) is 13.5. The minimum Gasteiger partial charge on any atom is -0.359 e. The second-order valence-electron chi connectivity index (χ2n) is 6.21. The number of aromatic nitrogens is 2. The van der Waals surface area contributed by atoms with Crippen LogP contribution in [0, 0.1) is 11.6 Å². The summed E-state index contributed by atoms with van der Waals surface area (Å²) in [6, 6.07) is 3.26. The lowest BCUT2D eigenvalue weighted by atomic mass is 10.1. The van der Waals surface area contributed by atoms with E-state index in [0.717, 1.165) is 12.1 Å². The van der Waals surface area contributed by atoms with Crippen LogP contribution < -0.4 is 10.2 Å². The number of fused-ring (bicyclic) bond motifs is 1. The van der Waals surface area contributed by atoms with Crippen LogP contribution in [-0.2, 0) is 0 Å². The van der Waals surface area contributed by atoms with Crippen molar-refractivity contribution < 1.29 is 22.4 Å². The van der Waals surface area contributed by atoms with Crippen LogP contribution in [0.15, 0.2) is 30.6 Å². The number of anilines is 2. The fourth-order valence-electron chi connectivity index (χ4n) is 2.86. The Labute approximate surface area is 154 Å².